The Labute approximate surface area is 281 Å². The van der Waals surface area contributed by atoms with E-state index >= 15 is 0 Å². The Morgan fingerprint density at radius 3 is 2.31 bits per heavy atom. The van der Waals surface area contributed by atoms with E-state index < -0.39 is 73.7 Å². The van der Waals surface area contributed by atoms with Crippen LogP contribution in [0.2, 0.25) is 0 Å². The molecule has 0 aliphatic carbocycles. The Bertz CT molecular complexity index is 1290. The predicted molar refractivity (Wildman–Crippen MR) is 175 cm³/mol. The van der Waals surface area contributed by atoms with E-state index in [9.17, 15) is 35.1 Å². The molecule has 14 nitrogen and oxygen atoms in total. The summed E-state index contributed by atoms with van der Waals surface area (Å²) in [6, 6.07) is 5.03. The molecule has 3 rings (SSSR count). The highest BCUT2D eigenvalue weighted by Gasteiger charge is 2.44. The Morgan fingerprint density at radius 1 is 1.00 bits per heavy atom. The number of benzene rings is 1. The van der Waals surface area contributed by atoms with Gasteiger partial charge in [0.15, 0.2) is 6.10 Å². The summed E-state index contributed by atoms with van der Waals surface area (Å²) in [6.07, 6.45) is -5.96. The molecule has 11 atom stereocenters. The minimum atomic E-state index is -1.62. The maximum absolute atomic E-state index is 13.3. The van der Waals surface area contributed by atoms with E-state index in [4.69, 9.17) is 29.4 Å². The third kappa shape index (κ3) is 10.5. The van der Waals surface area contributed by atoms with Gasteiger partial charge in [0.05, 0.1) is 24.9 Å². The summed E-state index contributed by atoms with van der Waals surface area (Å²) >= 11 is 0. The number of hydrogen-bond acceptors (Lipinski definition) is 12. The second kappa shape index (κ2) is 18.1. The minimum Gasteiger partial charge on any atom is -0.462 e. The number of fused-ring (bicyclic) bond motifs is 2. The molecule has 270 valence electrons. The number of carbonyl (C=O) groups is 2. The molecule has 0 spiro atoms. The van der Waals surface area contributed by atoms with Crippen molar-refractivity contribution in [1.29, 1.82) is 0 Å². The van der Waals surface area contributed by atoms with E-state index in [1.165, 1.54) is 20.3 Å². The van der Waals surface area contributed by atoms with Crippen LogP contribution < -0.4 is 15.8 Å². The van der Waals surface area contributed by atoms with E-state index in [2.05, 4.69) is 5.32 Å². The summed E-state index contributed by atoms with van der Waals surface area (Å²) in [4.78, 5) is 25.1. The Balaban J connectivity index is 2.00. The van der Waals surface area contributed by atoms with Crippen LogP contribution in [-0.2, 0) is 30.2 Å². The van der Waals surface area contributed by atoms with Crippen molar-refractivity contribution in [1.82, 2.24) is 0 Å². The lowest BCUT2D eigenvalue weighted by Crippen LogP contribution is -2.60. The maximum atomic E-state index is 13.3. The van der Waals surface area contributed by atoms with E-state index in [1.807, 2.05) is 19.9 Å². The van der Waals surface area contributed by atoms with Crippen molar-refractivity contribution >= 4 is 17.7 Å². The number of hydrogen-bond donors (Lipinski definition) is 7. The molecule has 14 heteroatoms. The van der Waals surface area contributed by atoms with Crippen molar-refractivity contribution in [3.8, 4) is 5.75 Å². The van der Waals surface area contributed by atoms with Crippen molar-refractivity contribution in [3.05, 3.63) is 47.1 Å². The lowest BCUT2D eigenvalue weighted by atomic mass is 9.88. The molecule has 2 amide bonds. The van der Waals surface area contributed by atoms with Gasteiger partial charge in [-0.1, -0.05) is 26.0 Å². The normalized spacial score (nSPS) is 36.6. The summed E-state index contributed by atoms with van der Waals surface area (Å²) in [5.41, 5.74) is 7.59. The molecule has 1 saturated heterocycles. The molecule has 8 N–H and O–H groups in total. The molecule has 0 aromatic heterocycles. The molecular formula is C34H52N2O12. The molecule has 1 fully saturated rings. The summed E-state index contributed by atoms with van der Waals surface area (Å²) in [5, 5.41) is 54.7. The lowest BCUT2D eigenvalue weighted by molar-refractivity contribution is -0.277. The van der Waals surface area contributed by atoms with Gasteiger partial charge in [-0.3, -0.25) is 4.79 Å². The SMILES string of the molecule is CO[C@H]1C[C@H](C)Cc2cc(cc(OC3OC(CO)C(O)C(O)C3O)c2)NC(=O)/C(C)=C/CC[C@H](OC)[C@@H](OC(N)=O)/C(C)=C/[C@H](C)[C@H]1O. The summed E-state index contributed by atoms with van der Waals surface area (Å²) in [6.45, 7) is 6.66. The highest BCUT2D eigenvalue weighted by Crippen LogP contribution is 2.30. The van der Waals surface area contributed by atoms with Crippen molar-refractivity contribution in [2.24, 2.45) is 17.6 Å². The van der Waals surface area contributed by atoms with Crippen molar-refractivity contribution in [2.45, 2.75) is 108 Å². The van der Waals surface area contributed by atoms with Gasteiger partial charge in [-0.25, -0.2) is 4.79 Å². The van der Waals surface area contributed by atoms with Gasteiger partial charge in [0.2, 0.25) is 6.29 Å². The molecule has 2 heterocycles. The van der Waals surface area contributed by atoms with Gasteiger partial charge >= 0.3 is 6.09 Å². The highest BCUT2D eigenvalue weighted by molar-refractivity contribution is 6.03. The smallest absolute Gasteiger partial charge is 0.405 e. The van der Waals surface area contributed by atoms with Crippen LogP contribution in [0.4, 0.5) is 10.5 Å². The summed E-state index contributed by atoms with van der Waals surface area (Å²) < 4.78 is 28.3. The molecule has 48 heavy (non-hydrogen) atoms. The molecule has 2 bridgehead atoms. The third-order valence-electron chi connectivity index (χ3n) is 8.88. The Kier molecular flexibility index (Phi) is 14.8. The number of aliphatic hydroxyl groups is 5. The second-order valence-corrected chi connectivity index (χ2v) is 12.8. The Hall–Kier alpha value is -3.08. The van der Waals surface area contributed by atoms with Crippen LogP contribution in [0.1, 0.15) is 52.5 Å². The molecule has 1 aromatic carbocycles. The maximum Gasteiger partial charge on any atom is 0.405 e. The van der Waals surface area contributed by atoms with E-state index in [1.54, 1.807) is 32.1 Å². The minimum absolute atomic E-state index is 0.0412. The topological polar surface area (TPSA) is 219 Å². The van der Waals surface area contributed by atoms with Gasteiger partial charge in [-0.2, -0.15) is 0 Å². The van der Waals surface area contributed by atoms with Crippen LogP contribution in [0.3, 0.4) is 0 Å². The number of carbonyl (C=O) groups excluding carboxylic acids is 2. The van der Waals surface area contributed by atoms with Gasteiger partial charge in [-0.05, 0) is 68.7 Å². The number of nitrogens with one attached hydrogen (secondary N) is 1. The number of allylic oxidation sites excluding steroid dienone is 1. The molecule has 2 aliphatic heterocycles. The lowest BCUT2D eigenvalue weighted by Gasteiger charge is -2.39. The average molecular weight is 681 g/mol. The monoisotopic (exact) mass is 680 g/mol. The summed E-state index contributed by atoms with van der Waals surface area (Å²) in [7, 11) is 3.02. The first kappa shape index (κ1) is 39.4. The van der Waals surface area contributed by atoms with Gasteiger partial charge in [0.1, 0.15) is 30.2 Å². The largest absolute Gasteiger partial charge is 0.462 e. The number of nitrogens with two attached hydrogens (primary N) is 1. The number of amides is 2. The van der Waals surface area contributed by atoms with Crippen molar-refractivity contribution in [2.75, 3.05) is 26.1 Å². The first-order valence-electron chi connectivity index (χ1n) is 16.2. The summed E-state index contributed by atoms with van der Waals surface area (Å²) in [5.74, 6) is -0.622. The zero-order chi connectivity index (χ0) is 35.7. The van der Waals surface area contributed by atoms with Gasteiger partial charge in [0, 0.05) is 37.5 Å². The number of rotatable bonds is 6. The van der Waals surface area contributed by atoms with E-state index in [-0.39, 0.29) is 17.6 Å². The van der Waals surface area contributed by atoms with Crippen molar-refractivity contribution < 1.29 is 58.8 Å². The highest BCUT2D eigenvalue weighted by atomic mass is 16.7. The Morgan fingerprint density at radius 2 is 1.69 bits per heavy atom. The van der Waals surface area contributed by atoms with Crippen LogP contribution >= 0.6 is 0 Å². The van der Waals surface area contributed by atoms with Crippen LogP contribution in [0, 0.1) is 11.8 Å². The standard InChI is InChI=1S/C34H52N2O12/c1-17-10-21-13-22(15-23(14-21)46-33-30(41)29(40)28(39)26(16-37)47-33)36-32(42)18(2)8-7-9-24(44-5)31(48-34(35)43)20(4)12-19(3)27(38)25(11-17)45-6/h8,12-15,17,19,24-31,33,37-41H,7,9-11,16H2,1-6H3,(H2,35,43)(H,36,42)/b18-8+,20-12+/t17-,19+,24+,25+,26?,27-,28?,29?,30?,31+,33?/m1/s1. The van der Waals surface area contributed by atoms with Gasteiger partial charge in [-0.15, -0.1) is 0 Å². The zero-order valence-corrected chi connectivity index (χ0v) is 28.4. The van der Waals surface area contributed by atoms with E-state index in [0.717, 1.165) is 5.56 Å². The van der Waals surface area contributed by atoms with Crippen molar-refractivity contribution in [3.63, 3.8) is 0 Å². The number of anilines is 1. The molecule has 0 saturated carbocycles. The van der Waals surface area contributed by atoms with Crippen LogP contribution in [0.5, 0.6) is 5.75 Å². The average Bonchev–Trinajstić information content (AvgIpc) is 3.03. The first-order chi connectivity index (χ1) is 22.7. The predicted octanol–water partition coefficient (Wildman–Crippen LogP) is 1.55. The number of ether oxygens (including phenoxy) is 5. The fourth-order valence-electron chi connectivity index (χ4n) is 6.19. The van der Waals surface area contributed by atoms with Gasteiger partial charge < -0.3 is 60.3 Å². The van der Waals surface area contributed by atoms with Crippen LogP contribution in [0.25, 0.3) is 0 Å². The number of aliphatic hydroxyl groups excluding tert-OH is 5. The van der Waals surface area contributed by atoms with Crippen LogP contribution in [-0.4, -0.2) is 113 Å². The molecular weight excluding hydrogens is 628 g/mol. The third-order valence-corrected chi connectivity index (χ3v) is 8.88. The zero-order valence-electron chi connectivity index (χ0n) is 28.4. The molecule has 5 unspecified atom stereocenters. The molecule has 0 radical (unpaired) electrons. The second-order valence-electron chi connectivity index (χ2n) is 12.8. The van der Waals surface area contributed by atoms with Gasteiger partial charge in [0.25, 0.3) is 5.91 Å². The number of primary amides is 1. The quantitative estimate of drug-likeness (QED) is 0.213. The fourth-order valence-corrected chi connectivity index (χ4v) is 6.19. The van der Waals surface area contributed by atoms with Crippen LogP contribution in [0.15, 0.2) is 41.5 Å². The van der Waals surface area contributed by atoms with E-state index in [0.29, 0.717) is 42.5 Å². The fraction of sp³-hybridized carbons (Fsp3) is 0.647. The number of methoxy groups -OCH3 is 2. The molecule has 1 aromatic rings. The molecule has 2 aliphatic rings. The first-order valence-corrected chi connectivity index (χ1v) is 16.2.